The number of carbonyl (C=O) groups excluding carboxylic acids is 2. The summed E-state index contributed by atoms with van der Waals surface area (Å²) >= 11 is 0. The maximum Gasteiger partial charge on any atom is 0.521 e. The van der Waals surface area contributed by atoms with Crippen molar-refractivity contribution in [2.24, 2.45) is 11.0 Å². The van der Waals surface area contributed by atoms with Gasteiger partial charge in [0.2, 0.25) is 0 Å². The van der Waals surface area contributed by atoms with Crippen LogP contribution in [0.4, 0.5) is 4.39 Å². The zero-order valence-corrected chi connectivity index (χ0v) is 13.6. The second-order valence-electron chi connectivity index (χ2n) is 5.52. The molecule has 2 saturated heterocycles. The van der Waals surface area contributed by atoms with E-state index in [-0.39, 0.29) is 0 Å². The Morgan fingerprint density at radius 1 is 1.12 bits per heavy atom. The first-order valence-electron chi connectivity index (χ1n) is 7.07. The third-order valence-corrected chi connectivity index (χ3v) is 4.58. The molecule has 0 aromatic heterocycles. The smallest absolute Gasteiger partial charge is 0.394 e. The lowest BCUT2D eigenvalue weighted by Crippen LogP contribution is -2.59. The Morgan fingerprint density at radius 2 is 1.68 bits per heavy atom. The molecule has 12 nitrogen and oxygen atoms in total. The van der Waals surface area contributed by atoms with Crippen molar-refractivity contribution in [1.29, 1.82) is 0 Å². The van der Waals surface area contributed by atoms with Crippen molar-refractivity contribution in [3.05, 3.63) is 0 Å². The number of nitrogens with two attached hydrogens (primary N) is 2. The number of aliphatic hydroxyl groups is 4. The summed E-state index contributed by atoms with van der Waals surface area (Å²) in [6.45, 7) is -1.33. The van der Waals surface area contributed by atoms with Crippen LogP contribution in [0.5, 0.6) is 0 Å². The Morgan fingerprint density at radius 3 is 2.20 bits per heavy atom. The van der Waals surface area contributed by atoms with E-state index in [0.717, 1.165) is 0 Å². The van der Waals surface area contributed by atoms with Crippen molar-refractivity contribution in [1.82, 2.24) is 0 Å². The molecule has 0 aromatic carbocycles. The lowest BCUT2D eigenvalue weighted by Gasteiger charge is -2.39. The lowest BCUT2D eigenvalue weighted by atomic mass is 9.99. The van der Waals surface area contributed by atoms with E-state index < -0.39 is 76.0 Å². The molecular weight excluding hydrogens is 370 g/mol. The molecule has 5 atom stereocenters. The molecule has 8 N–H and O–H groups in total. The molecule has 0 bridgehead atoms. The number of ether oxygens (including phenoxy) is 2. The lowest BCUT2D eigenvalue weighted by molar-refractivity contribution is -0.302. The second kappa shape index (κ2) is 7.31. The molecule has 0 saturated carbocycles. The fourth-order valence-electron chi connectivity index (χ4n) is 2.23. The molecule has 2 fully saturated rings. The van der Waals surface area contributed by atoms with Crippen LogP contribution < -0.4 is 11.0 Å². The second-order valence-corrected chi connectivity index (χ2v) is 7.18. The van der Waals surface area contributed by atoms with Gasteiger partial charge in [-0.25, -0.2) is 23.0 Å². The number of carbonyl (C=O) groups is 2. The molecule has 25 heavy (non-hydrogen) atoms. The van der Waals surface area contributed by atoms with Crippen LogP contribution in [0.1, 0.15) is 6.42 Å². The molecule has 0 radical (unpaired) electrons. The summed E-state index contributed by atoms with van der Waals surface area (Å²) in [4.78, 5) is 23.2. The Bertz CT molecular complexity index is 515. The number of alkyl halides is 1. The van der Waals surface area contributed by atoms with Crippen molar-refractivity contribution >= 4 is 20.0 Å². The molecular formula is C11H19FN2O10P+. The average molecular weight is 389 g/mol. The van der Waals surface area contributed by atoms with Gasteiger partial charge in [0.25, 0.3) is 0 Å². The van der Waals surface area contributed by atoms with Gasteiger partial charge in [0.05, 0.1) is 13.2 Å². The van der Waals surface area contributed by atoms with Gasteiger partial charge in [-0.3, -0.25) is 0 Å². The average Bonchev–Trinajstić information content (AvgIpc) is 2.52. The monoisotopic (exact) mass is 389 g/mol. The van der Waals surface area contributed by atoms with E-state index >= 15 is 0 Å². The van der Waals surface area contributed by atoms with Gasteiger partial charge in [-0.05, 0) is 0 Å². The predicted octanol–water partition coefficient (Wildman–Crippen LogP) is -3.40. The van der Waals surface area contributed by atoms with Crippen LogP contribution in [0, 0.1) is 0 Å². The standard InChI is InChI=1S/C11H19FN2O10P/c12-11(9(19)23-25(13,14)24-10(11)20)1-2-21-8-7(18)6(17)5(16)4(3-15)22-8/h4-8,15-18H,1-3,13-14H2/q+1. The van der Waals surface area contributed by atoms with Gasteiger partial charge in [0.1, 0.15) is 24.4 Å². The molecule has 144 valence electrons. The highest BCUT2D eigenvalue weighted by Gasteiger charge is 2.64. The third kappa shape index (κ3) is 4.05. The summed E-state index contributed by atoms with van der Waals surface area (Å²) in [5.74, 6) is -3.25. The normalized spacial score (nSPS) is 37.3. The molecule has 2 aliphatic heterocycles. The van der Waals surface area contributed by atoms with Gasteiger partial charge in [-0.15, -0.1) is 11.0 Å². The minimum Gasteiger partial charge on any atom is -0.394 e. The van der Waals surface area contributed by atoms with E-state index in [1.165, 1.54) is 0 Å². The number of hydrogen-bond donors (Lipinski definition) is 6. The first kappa shape index (κ1) is 20.3. The van der Waals surface area contributed by atoms with Crippen LogP contribution in [0.3, 0.4) is 0 Å². The maximum atomic E-state index is 14.5. The van der Waals surface area contributed by atoms with E-state index in [2.05, 4.69) is 9.05 Å². The Hall–Kier alpha value is -1.02. The van der Waals surface area contributed by atoms with Crippen LogP contribution in [0.25, 0.3) is 0 Å². The van der Waals surface area contributed by atoms with Crippen molar-refractivity contribution in [2.45, 2.75) is 42.8 Å². The van der Waals surface area contributed by atoms with E-state index in [0.29, 0.717) is 0 Å². The number of rotatable bonds is 5. The predicted molar refractivity (Wildman–Crippen MR) is 75.7 cm³/mol. The Balaban J connectivity index is 1.95. The largest absolute Gasteiger partial charge is 0.521 e. The van der Waals surface area contributed by atoms with Crippen LogP contribution in [-0.4, -0.2) is 82.0 Å². The van der Waals surface area contributed by atoms with Crippen LogP contribution in [0.2, 0.25) is 0 Å². The van der Waals surface area contributed by atoms with Gasteiger partial charge in [0, 0.05) is 6.42 Å². The van der Waals surface area contributed by atoms with Crippen molar-refractivity contribution in [3.8, 4) is 0 Å². The zero-order chi connectivity index (χ0) is 19.0. The first-order chi connectivity index (χ1) is 11.5. The van der Waals surface area contributed by atoms with Crippen LogP contribution in [-0.2, 0) is 28.1 Å². The minimum absolute atomic E-state index is 0.649. The topological polar surface area (TPSA) is 204 Å². The van der Waals surface area contributed by atoms with Gasteiger partial charge in [0.15, 0.2) is 6.29 Å². The van der Waals surface area contributed by atoms with Crippen molar-refractivity contribution < 1.29 is 52.9 Å². The van der Waals surface area contributed by atoms with Crippen molar-refractivity contribution in [3.63, 3.8) is 0 Å². The zero-order valence-electron chi connectivity index (χ0n) is 12.7. The van der Waals surface area contributed by atoms with Gasteiger partial charge < -0.3 is 29.9 Å². The van der Waals surface area contributed by atoms with Gasteiger partial charge in [-0.1, -0.05) is 0 Å². The van der Waals surface area contributed by atoms with E-state index in [1.54, 1.807) is 0 Å². The van der Waals surface area contributed by atoms with E-state index in [9.17, 15) is 29.3 Å². The highest BCUT2D eigenvalue weighted by Crippen LogP contribution is 2.51. The SMILES string of the molecule is N[P+]1(N)OC(=O)C(F)(CCOC2OC(CO)C(O)C(O)C2O)C(=O)O1. The molecule has 0 spiro atoms. The molecule has 0 amide bonds. The molecule has 5 unspecified atom stereocenters. The summed E-state index contributed by atoms with van der Waals surface area (Å²) in [5.41, 5.74) is 7.15. The molecule has 14 heteroatoms. The fourth-order valence-corrected chi connectivity index (χ4v) is 3.08. The molecule has 2 heterocycles. The highest BCUT2D eigenvalue weighted by molar-refractivity contribution is 7.62. The van der Waals surface area contributed by atoms with E-state index in [1.807, 2.05) is 0 Å². The molecule has 0 aromatic rings. The third-order valence-electron chi connectivity index (χ3n) is 3.68. The molecule has 2 aliphatic rings. The summed E-state index contributed by atoms with van der Waals surface area (Å²) in [5, 5.41) is 38.0. The molecule has 0 aliphatic carbocycles. The van der Waals surface area contributed by atoms with Gasteiger partial charge in [-0.2, -0.15) is 0 Å². The van der Waals surface area contributed by atoms with Crippen molar-refractivity contribution in [2.75, 3.05) is 13.2 Å². The summed E-state index contributed by atoms with van der Waals surface area (Å²) in [6.07, 6.45) is -8.66. The summed E-state index contributed by atoms with van der Waals surface area (Å²) in [7, 11) is -3.76. The fraction of sp³-hybridized carbons (Fsp3) is 0.818. The number of hydrogen-bond acceptors (Lipinski definition) is 12. The number of aliphatic hydroxyl groups excluding tert-OH is 4. The summed E-state index contributed by atoms with van der Waals surface area (Å²) < 4.78 is 33.2. The van der Waals surface area contributed by atoms with Crippen LogP contribution >= 0.6 is 8.02 Å². The van der Waals surface area contributed by atoms with Crippen LogP contribution in [0.15, 0.2) is 0 Å². The highest BCUT2D eigenvalue weighted by atomic mass is 31.2. The van der Waals surface area contributed by atoms with E-state index in [4.69, 9.17) is 25.6 Å². The minimum atomic E-state index is -3.76. The summed E-state index contributed by atoms with van der Waals surface area (Å²) in [6, 6.07) is 0. The first-order valence-corrected chi connectivity index (χ1v) is 8.83. The Kier molecular flexibility index (Phi) is 5.93. The quantitative estimate of drug-likeness (QED) is 0.201. The molecule has 2 rings (SSSR count). The number of halogens is 1. The Labute approximate surface area is 141 Å². The maximum absolute atomic E-state index is 14.5. The van der Waals surface area contributed by atoms with Gasteiger partial charge >= 0.3 is 25.6 Å².